The molecule has 0 spiro atoms. The zero-order chi connectivity index (χ0) is 20.2. The van der Waals surface area contributed by atoms with Crippen LogP contribution in [0.3, 0.4) is 0 Å². The number of carbonyl (C=O) groups is 1. The minimum atomic E-state index is -0.413. The van der Waals surface area contributed by atoms with E-state index in [9.17, 15) is 4.79 Å². The Morgan fingerprint density at radius 2 is 1.93 bits per heavy atom. The summed E-state index contributed by atoms with van der Waals surface area (Å²) in [6.07, 6.45) is 0. The smallest absolute Gasteiger partial charge is 0.279 e. The maximum absolute atomic E-state index is 12.4. The predicted octanol–water partition coefficient (Wildman–Crippen LogP) is 6.04. The fourth-order valence-electron chi connectivity index (χ4n) is 2.38. The van der Waals surface area contributed by atoms with E-state index in [0.717, 1.165) is 11.1 Å². The fraction of sp³-hybridized carbons (Fsp3) is 0.0526. The summed E-state index contributed by atoms with van der Waals surface area (Å²) >= 11 is 14.8. The maximum atomic E-state index is 12.4. The predicted molar refractivity (Wildman–Crippen MR) is 116 cm³/mol. The summed E-state index contributed by atoms with van der Waals surface area (Å²) in [4.78, 5) is 12.4. The molecule has 1 amide bonds. The number of nitrogens with one attached hydrogen (secondary N) is 1. The summed E-state index contributed by atoms with van der Waals surface area (Å²) in [6, 6.07) is 16.4. The van der Waals surface area contributed by atoms with Crippen molar-refractivity contribution in [3.05, 3.63) is 75.9 Å². The van der Waals surface area contributed by atoms with Crippen LogP contribution in [0.5, 0.6) is 0 Å². The molecule has 0 atom stereocenters. The number of nitrogens with zero attached hydrogens (tertiary/aromatic N) is 3. The molecule has 10 heteroatoms. The molecule has 4 rings (SSSR count). The van der Waals surface area contributed by atoms with Crippen molar-refractivity contribution in [3.8, 4) is 11.3 Å². The van der Waals surface area contributed by atoms with Crippen LogP contribution >= 0.6 is 46.3 Å². The Balaban J connectivity index is 1.37. The first-order chi connectivity index (χ1) is 14.1. The Bertz CT molecular complexity index is 1150. The van der Waals surface area contributed by atoms with E-state index < -0.39 is 5.91 Å². The lowest BCUT2D eigenvalue weighted by molar-refractivity contribution is 0.101. The molecule has 0 aliphatic heterocycles. The van der Waals surface area contributed by atoms with Crippen LogP contribution < -0.4 is 5.32 Å². The Morgan fingerprint density at radius 3 is 2.72 bits per heavy atom. The first kappa shape index (κ1) is 19.9. The van der Waals surface area contributed by atoms with Crippen molar-refractivity contribution in [1.82, 2.24) is 15.4 Å². The molecule has 2 aromatic heterocycles. The molecule has 0 fully saturated rings. The monoisotopic (exact) mass is 462 g/mol. The normalized spacial score (nSPS) is 10.8. The first-order valence-corrected chi connectivity index (χ1v) is 10.9. The quantitative estimate of drug-likeness (QED) is 0.277. The van der Waals surface area contributed by atoms with Gasteiger partial charge in [0.05, 0.1) is 0 Å². The average Bonchev–Trinajstić information content (AvgIpc) is 3.38. The average molecular weight is 463 g/mol. The topological polar surface area (TPSA) is 80.9 Å². The second-order valence-electron chi connectivity index (χ2n) is 5.79. The van der Waals surface area contributed by atoms with Crippen molar-refractivity contribution >= 4 is 57.3 Å². The van der Waals surface area contributed by atoms with Crippen molar-refractivity contribution in [2.45, 2.75) is 10.1 Å². The lowest BCUT2D eigenvalue weighted by Crippen LogP contribution is -2.11. The molecule has 2 aromatic carbocycles. The Kier molecular flexibility index (Phi) is 6.15. The van der Waals surface area contributed by atoms with Gasteiger partial charge in [-0.1, -0.05) is 87.9 Å². The van der Waals surface area contributed by atoms with Gasteiger partial charge in [0.1, 0.15) is 0 Å². The van der Waals surface area contributed by atoms with Crippen molar-refractivity contribution in [3.63, 3.8) is 0 Å². The number of halogens is 2. The number of hydrogen-bond donors (Lipinski definition) is 1. The van der Waals surface area contributed by atoms with Crippen LogP contribution in [-0.4, -0.2) is 21.3 Å². The second kappa shape index (κ2) is 8.96. The molecule has 29 heavy (non-hydrogen) atoms. The molecule has 0 unspecified atom stereocenters. The van der Waals surface area contributed by atoms with Crippen LogP contribution in [-0.2, 0) is 5.75 Å². The molecule has 0 saturated heterocycles. The summed E-state index contributed by atoms with van der Waals surface area (Å²) in [5, 5.41) is 16.2. The van der Waals surface area contributed by atoms with Crippen molar-refractivity contribution in [2.24, 2.45) is 0 Å². The molecule has 1 N–H and O–H groups in total. The van der Waals surface area contributed by atoms with Crippen molar-refractivity contribution in [2.75, 3.05) is 5.32 Å². The molecule has 0 aliphatic rings. The van der Waals surface area contributed by atoms with Crippen LogP contribution in [0.15, 0.2) is 63.5 Å². The summed E-state index contributed by atoms with van der Waals surface area (Å²) < 4.78 is 5.96. The number of carbonyl (C=O) groups excluding carboxylic acids is 1. The highest BCUT2D eigenvalue weighted by atomic mass is 35.5. The van der Waals surface area contributed by atoms with Gasteiger partial charge in [0.15, 0.2) is 15.8 Å². The fourth-order valence-corrected chi connectivity index (χ4v) is 4.68. The van der Waals surface area contributed by atoms with Gasteiger partial charge in [0.25, 0.3) is 5.91 Å². The van der Waals surface area contributed by atoms with Crippen molar-refractivity contribution in [1.29, 1.82) is 0 Å². The van der Waals surface area contributed by atoms with Crippen LogP contribution in [0.4, 0.5) is 5.13 Å². The molecule has 0 aliphatic carbocycles. The molecule has 2 heterocycles. The minimum absolute atomic E-state index is 0.168. The largest absolute Gasteiger partial charge is 0.355 e. The standard InChI is InChI=1S/C19H12Cl2N4O2S2/c20-13-7-6-12(14(21)8-13)10-28-19-24-23-18(29-19)22-17(26)15-9-16(27-25-15)11-4-2-1-3-5-11/h1-9H,10H2,(H,22,23,26). The summed E-state index contributed by atoms with van der Waals surface area (Å²) in [7, 11) is 0. The summed E-state index contributed by atoms with van der Waals surface area (Å²) in [5.41, 5.74) is 1.95. The number of rotatable bonds is 6. The Hall–Kier alpha value is -2.39. The number of amides is 1. The van der Waals surface area contributed by atoms with Gasteiger partial charge in [-0.3, -0.25) is 10.1 Å². The third-order valence-corrected chi connectivity index (χ3v) is 6.40. The SMILES string of the molecule is O=C(Nc1nnc(SCc2ccc(Cl)cc2Cl)s1)c1cc(-c2ccccc2)on1. The zero-order valence-corrected chi connectivity index (χ0v) is 17.8. The lowest BCUT2D eigenvalue weighted by atomic mass is 10.1. The van der Waals surface area contributed by atoms with E-state index in [1.54, 1.807) is 18.2 Å². The van der Waals surface area contributed by atoms with E-state index in [2.05, 4.69) is 20.7 Å². The minimum Gasteiger partial charge on any atom is -0.355 e. The van der Waals surface area contributed by atoms with E-state index in [0.29, 0.717) is 31.0 Å². The van der Waals surface area contributed by atoms with Crippen LogP contribution in [0.25, 0.3) is 11.3 Å². The number of benzene rings is 2. The van der Waals surface area contributed by atoms with Gasteiger partial charge in [-0.25, -0.2) is 0 Å². The molecular formula is C19H12Cl2N4O2S2. The van der Waals surface area contributed by atoms with E-state index in [-0.39, 0.29) is 5.69 Å². The highest BCUT2D eigenvalue weighted by Gasteiger charge is 2.16. The number of anilines is 1. The van der Waals surface area contributed by atoms with Crippen LogP contribution in [0.1, 0.15) is 16.1 Å². The lowest BCUT2D eigenvalue weighted by Gasteiger charge is -2.02. The van der Waals surface area contributed by atoms with Gasteiger partial charge in [-0.2, -0.15) is 0 Å². The third kappa shape index (κ3) is 4.97. The summed E-state index contributed by atoms with van der Waals surface area (Å²) in [5.74, 6) is 0.718. The van der Waals surface area contributed by atoms with E-state index >= 15 is 0 Å². The van der Waals surface area contributed by atoms with E-state index in [1.807, 2.05) is 36.4 Å². The Labute approximate surface area is 184 Å². The first-order valence-electron chi connectivity index (χ1n) is 8.32. The molecule has 0 radical (unpaired) electrons. The zero-order valence-electron chi connectivity index (χ0n) is 14.6. The highest BCUT2D eigenvalue weighted by molar-refractivity contribution is 8.00. The maximum Gasteiger partial charge on any atom is 0.279 e. The van der Waals surface area contributed by atoms with Crippen LogP contribution in [0.2, 0.25) is 10.0 Å². The van der Waals surface area contributed by atoms with Gasteiger partial charge in [-0.05, 0) is 17.7 Å². The molecule has 6 nitrogen and oxygen atoms in total. The summed E-state index contributed by atoms with van der Waals surface area (Å²) in [6.45, 7) is 0. The van der Waals surface area contributed by atoms with Crippen LogP contribution in [0, 0.1) is 0 Å². The third-order valence-electron chi connectivity index (χ3n) is 3.79. The molecule has 4 aromatic rings. The highest BCUT2D eigenvalue weighted by Crippen LogP contribution is 2.31. The van der Waals surface area contributed by atoms with Gasteiger partial charge < -0.3 is 4.52 Å². The second-order valence-corrected chi connectivity index (χ2v) is 8.84. The molecule has 0 bridgehead atoms. The number of hydrogen-bond acceptors (Lipinski definition) is 7. The Morgan fingerprint density at radius 1 is 1.10 bits per heavy atom. The van der Waals surface area contributed by atoms with Crippen molar-refractivity contribution < 1.29 is 9.32 Å². The van der Waals surface area contributed by atoms with Gasteiger partial charge in [0.2, 0.25) is 5.13 Å². The van der Waals surface area contributed by atoms with E-state index in [1.165, 1.54) is 23.1 Å². The van der Waals surface area contributed by atoms with E-state index in [4.69, 9.17) is 27.7 Å². The number of thioether (sulfide) groups is 1. The number of aromatic nitrogens is 3. The molecule has 146 valence electrons. The van der Waals surface area contributed by atoms with Gasteiger partial charge >= 0.3 is 0 Å². The van der Waals surface area contributed by atoms with Gasteiger partial charge in [-0.15, -0.1) is 10.2 Å². The molecule has 0 saturated carbocycles. The van der Waals surface area contributed by atoms with Gasteiger partial charge in [0, 0.05) is 27.4 Å². The molecular weight excluding hydrogens is 451 g/mol.